The Balaban J connectivity index is 1.51. The topological polar surface area (TPSA) is 62.6 Å². The van der Waals surface area contributed by atoms with Gasteiger partial charge in [0.15, 0.2) is 11.5 Å². The van der Waals surface area contributed by atoms with Gasteiger partial charge in [0.2, 0.25) is 0 Å². The summed E-state index contributed by atoms with van der Waals surface area (Å²) in [6.45, 7) is 4.74. The van der Waals surface area contributed by atoms with Crippen LogP contribution < -0.4 is 5.32 Å². The third-order valence-corrected chi connectivity index (χ3v) is 5.26. The van der Waals surface area contributed by atoms with Gasteiger partial charge in [0.05, 0.1) is 0 Å². The van der Waals surface area contributed by atoms with Crippen molar-refractivity contribution in [2.24, 2.45) is 5.92 Å². The van der Waals surface area contributed by atoms with Crippen LogP contribution in [-0.4, -0.2) is 42.3 Å². The second-order valence-corrected chi connectivity index (χ2v) is 7.07. The number of carbonyl (C=O) groups is 2. The van der Waals surface area contributed by atoms with E-state index >= 15 is 0 Å². The molecule has 5 nitrogen and oxygen atoms in total. The molecule has 1 amide bonds. The molecule has 3 aliphatic rings. The molecule has 1 atom stereocenters. The van der Waals surface area contributed by atoms with E-state index in [1.165, 1.54) is 19.8 Å². The number of ketones is 1. The van der Waals surface area contributed by atoms with Crippen molar-refractivity contribution in [3.63, 3.8) is 0 Å². The van der Waals surface area contributed by atoms with Crippen molar-refractivity contribution in [1.82, 2.24) is 10.2 Å². The van der Waals surface area contributed by atoms with Crippen molar-refractivity contribution in [1.29, 1.82) is 0 Å². The fraction of sp³-hybridized carbons (Fsp3) is 0.474. The highest BCUT2D eigenvalue weighted by Crippen LogP contribution is 2.27. The van der Waals surface area contributed by atoms with E-state index in [-0.39, 0.29) is 17.7 Å². The van der Waals surface area contributed by atoms with Gasteiger partial charge in [0, 0.05) is 30.5 Å². The molecule has 0 unspecified atom stereocenters. The largest absolute Gasteiger partial charge is 0.453 e. The van der Waals surface area contributed by atoms with E-state index in [1.807, 2.05) is 0 Å². The minimum atomic E-state index is -0.111. The van der Waals surface area contributed by atoms with E-state index in [1.54, 1.807) is 24.3 Å². The lowest BCUT2D eigenvalue weighted by molar-refractivity contribution is 0.0928. The van der Waals surface area contributed by atoms with Gasteiger partial charge in [-0.3, -0.25) is 9.59 Å². The van der Waals surface area contributed by atoms with Gasteiger partial charge in [-0.25, -0.2) is 0 Å². The van der Waals surface area contributed by atoms with Crippen LogP contribution in [0.1, 0.15) is 47.1 Å². The van der Waals surface area contributed by atoms with E-state index in [0.717, 1.165) is 37.4 Å². The summed E-state index contributed by atoms with van der Waals surface area (Å²) in [5.41, 5.74) is 1.25. The van der Waals surface area contributed by atoms with Gasteiger partial charge in [-0.1, -0.05) is 0 Å². The van der Waals surface area contributed by atoms with Crippen LogP contribution in [-0.2, 0) is 0 Å². The van der Waals surface area contributed by atoms with Crippen molar-refractivity contribution in [2.75, 3.05) is 19.6 Å². The molecule has 126 valence electrons. The van der Waals surface area contributed by atoms with E-state index in [9.17, 15) is 9.59 Å². The summed E-state index contributed by atoms with van der Waals surface area (Å²) < 4.78 is 5.48. The molecule has 1 aromatic heterocycles. The first-order valence-electron chi connectivity index (χ1n) is 8.66. The number of carbonyl (C=O) groups excluding carboxylic acids is 2. The molecule has 3 fully saturated rings. The number of rotatable bonds is 3. The average Bonchev–Trinajstić information content (AvgIpc) is 2.79. The van der Waals surface area contributed by atoms with Gasteiger partial charge in [-0.15, -0.1) is 0 Å². The zero-order valence-electron chi connectivity index (χ0n) is 13.9. The second kappa shape index (κ2) is 6.06. The van der Waals surface area contributed by atoms with Crippen molar-refractivity contribution in [2.45, 2.75) is 32.2 Å². The third-order valence-electron chi connectivity index (χ3n) is 5.26. The summed E-state index contributed by atoms with van der Waals surface area (Å²) in [4.78, 5) is 26.5. The number of hydrogen-bond donors (Lipinski definition) is 1. The minimum absolute atomic E-state index is 0.0463. The number of nitrogens with one attached hydrogen (secondary N) is 1. The maximum Gasteiger partial charge on any atom is 0.251 e. The van der Waals surface area contributed by atoms with Crippen LogP contribution in [0, 0.1) is 5.92 Å². The predicted octanol–water partition coefficient (Wildman–Crippen LogP) is 2.85. The maximum atomic E-state index is 12.6. The summed E-state index contributed by atoms with van der Waals surface area (Å²) >= 11 is 0. The maximum absolute atomic E-state index is 12.6. The first-order chi connectivity index (χ1) is 11.6. The van der Waals surface area contributed by atoms with Crippen molar-refractivity contribution in [3.05, 3.63) is 35.6 Å². The lowest BCUT2D eigenvalue weighted by atomic mass is 9.94. The monoisotopic (exact) mass is 326 g/mol. The lowest BCUT2D eigenvalue weighted by Crippen LogP contribution is -2.41. The van der Waals surface area contributed by atoms with Crippen molar-refractivity contribution < 1.29 is 14.0 Å². The van der Waals surface area contributed by atoms with Gasteiger partial charge in [-0.05, 0) is 62.5 Å². The number of hydrogen-bond acceptors (Lipinski definition) is 4. The molecule has 3 aliphatic heterocycles. The third kappa shape index (κ3) is 2.96. The first-order valence-corrected chi connectivity index (χ1v) is 8.66. The molecular weight excluding hydrogens is 304 g/mol. The summed E-state index contributed by atoms with van der Waals surface area (Å²) in [7, 11) is 0. The standard InChI is InChI=1S/C19H22N2O3/c1-12(22)18-10-15-9-14(2-3-17(15)24-18)19(23)20-16-8-13-4-6-21(11-16)7-5-13/h2-3,9-10,13,16H,4-8,11H2,1H3,(H,20,23)/t16-/m1/s1. The van der Waals surface area contributed by atoms with Gasteiger partial charge >= 0.3 is 0 Å². The van der Waals surface area contributed by atoms with Gasteiger partial charge < -0.3 is 14.6 Å². The number of furan rings is 1. The number of Topliss-reactive ketones (excluding diaryl/α,β-unsaturated/α-hetero) is 1. The molecular formula is C19H22N2O3. The molecule has 1 N–H and O–H groups in total. The van der Waals surface area contributed by atoms with Crippen LogP contribution in [0.2, 0.25) is 0 Å². The Morgan fingerprint density at radius 3 is 2.75 bits per heavy atom. The molecule has 2 aromatic rings. The highest BCUT2D eigenvalue weighted by Gasteiger charge is 2.30. The van der Waals surface area contributed by atoms with E-state index < -0.39 is 0 Å². The molecule has 5 heteroatoms. The smallest absolute Gasteiger partial charge is 0.251 e. The zero-order chi connectivity index (χ0) is 16.7. The second-order valence-electron chi connectivity index (χ2n) is 7.07. The zero-order valence-corrected chi connectivity index (χ0v) is 13.9. The lowest BCUT2D eigenvalue weighted by Gasteiger charge is -2.26. The molecule has 0 radical (unpaired) electrons. The molecule has 24 heavy (non-hydrogen) atoms. The predicted molar refractivity (Wildman–Crippen MR) is 91.3 cm³/mol. The molecule has 5 rings (SSSR count). The summed E-state index contributed by atoms with van der Waals surface area (Å²) in [6.07, 6.45) is 3.58. The van der Waals surface area contributed by atoms with Crippen molar-refractivity contribution >= 4 is 22.7 Å². The van der Waals surface area contributed by atoms with Crippen LogP contribution in [0.25, 0.3) is 11.0 Å². The Morgan fingerprint density at radius 1 is 1.21 bits per heavy atom. The van der Waals surface area contributed by atoms with Gasteiger partial charge in [-0.2, -0.15) is 0 Å². The molecule has 0 saturated carbocycles. The molecule has 0 spiro atoms. The van der Waals surface area contributed by atoms with E-state index in [0.29, 0.717) is 16.9 Å². The molecule has 4 heterocycles. The normalized spacial score (nSPS) is 26.3. The first kappa shape index (κ1) is 15.4. The number of benzene rings is 1. The van der Waals surface area contributed by atoms with Crippen LogP contribution in [0.3, 0.4) is 0 Å². The number of amides is 1. The number of piperidine rings is 1. The van der Waals surface area contributed by atoms with Crippen LogP contribution in [0.15, 0.2) is 28.7 Å². The summed E-state index contributed by atoms with van der Waals surface area (Å²) in [5, 5.41) is 3.98. The minimum Gasteiger partial charge on any atom is -0.453 e. The molecule has 0 aliphatic carbocycles. The van der Waals surface area contributed by atoms with Crippen LogP contribution in [0.5, 0.6) is 0 Å². The quantitative estimate of drug-likeness (QED) is 0.881. The Morgan fingerprint density at radius 2 is 2.00 bits per heavy atom. The molecule has 2 bridgehead atoms. The average molecular weight is 326 g/mol. The highest BCUT2D eigenvalue weighted by atomic mass is 16.3. The summed E-state index contributed by atoms with van der Waals surface area (Å²) in [6, 6.07) is 7.24. The van der Waals surface area contributed by atoms with Crippen LogP contribution in [0.4, 0.5) is 0 Å². The molecule has 3 saturated heterocycles. The Kier molecular flexibility index (Phi) is 3.88. The fourth-order valence-corrected chi connectivity index (χ4v) is 3.92. The van der Waals surface area contributed by atoms with E-state index in [2.05, 4.69) is 10.2 Å². The fourth-order valence-electron chi connectivity index (χ4n) is 3.92. The van der Waals surface area contributed by atoms with Crippen molar-refractivity contribution in [3.8, 4) is 0 Å². The summed E-state index contributed by atoms with van der Waals surface area (Å²) in [5.74, 6) is 0.911. The van der Waals surface area contributed by atoms with Gasteiger partial charge in [0.25, 0.3) is 5.91 Å². The van der Waals surface area contributed by atoms with E-state index in [4.69, 9.17) is 4.42 Å². The number of fused-ring (bicyclic) bond motifs is 5. The Hall–Kier alpha value is -2.14. The SMILES string of the molecule is CC(=O)c1cc2cc(C(=O)N[C@@H]3CC4CCN(CC4)C3)ccc2o1. The Bertz CT molecular complexity index is 773. The molecule has 1 aromatic carbocycles. The Labute approximate surface area is 141 Å². The number of nitrogens with zero attached hydrogens (tertiary/aromatic N) is 1. The van der Waals surface area contributed by atoms with Gasteiger partial charge in [0.1, 0.15) is 5.58 Å². The van der Waals surface area contributed by atoms with Crippen LogP contribution >= 0.6 is 0 Å². The highest BCUT2D eigenvalue weighted by molar-refractivity contribution is 6.00.